The second-order valence-electron chi connectivity index (χ2n) is 5.08. The minimum absolute atomic E-state index is 0.0647. The van der Waals surface area contributed by atoms with E-state index in [-0.39, 0.29) is 16.9 Å². The van der Waals surface area contributed by atoms with Gasteiger partial charge in [-0.3, -0.25) is 13.8 Å². The van der Waals surface area contributed by atoms with Gasteiger partial charge < -0.3 is 19.9 Å². The van der Waals surface area contributed by atoms with E-state index in [4.69, 9.17) is 9.84 Å². The van der Waals surface area contributed by atoms with Crippen LogP contribution < -0.4 is 5.56 Å². The van der Waals surface area contributed by atoms with E-state index in [1.807, 2.05) is 0 Å². The summed E-state index contributed by atoms with van der Waals surface area (Å²) in [5, 5.41) is 18.8. The van der Waals surface area contributed by atoms with E-state index < -0.39 is 36.8 Å². The molecule has 22 heavy (non-hydrogen) atoms. The number of rotatable bonds is 2. The van der Waals surface area contributed by atoms with Gasteiger partial charge in [-0.25, -0.2) is 9.37 Å². The minimum atomic E-state index is -1.77. The molecule has 0 radical (unpaired) electrons. The predicted molar refractivity (Wildman–Crippen MR) is 71.0 cm³/mol. The lowest BCUT2D eigenvalue weighted by molar-refractivity contribution is -0.0459. The van der Waals surface area contributed by atoms with Crippen molar-refractivity contribution in [1.29, 1.82) is 0 Å². The van der Waals surface area contributed by atoms with Crippen LogP contribution in [0.3, 0.4) is 0 Å². The topological polar surface area (TPSA) is 118 Å². The molecule has 0 spiro atoms. The average Bonchev–Trinajstić information content (AvgIpc) is 3.20. The number of aliphatic hydroxyl groups is 2. The Morgan fingerprint density at radius 2 is 2.32 bits per heavy atom. The number of fused-ring (bicyclic) bond motifs is 2. The van der Waals surface area contributed by atoms with Gasteiger partial charge in [0.25, 0.3) is 5.56 Å². The van der Waals surface area contributed by atoms with E-state index in [0.717, 1.165) is 0 Å². The largest absolute Gasteiger partial charge is 0.394 e. The SMILES string of the molecule is O=c1c2ncn([C@@H]3O[C@H](CO)[C@@H](O)[C@@H]3F)c2nc2[nH]ccn12. The van der Waals surface area contributed by atoms with Crippen molar-refractivity contribution >= 4 is 16.9 Å². The molecule has 9 nitrogen and oxygen atoms in total. The number of imidazole rings is 2. The highest BCUT2D eigenvalue weighted by Gasteiger charge is 2.45. The quantitative estimate of drug-likeness (QED) is 0.556. The number of aliphatic hydroxyl groups excluding tert-OH is 2. The van der Waals surface area contributed by atoms with Crippen LogP contribution in [0.4, 0.5) is 4.39 Å². The number of aromatic nitrogens is 5. The molecule has 0 bridgehead atoms. The van der Waals surface area contributed by atoms with Gasteiger partial charge in [-0.2, -0.15) is 4.98 Å². The first-order valence-electron chi connectivity index (χ1n) is 6.62. The maximum atomic E-state index is 14.2. The third-order valence-corrected chi connectivity index (χ3v) is 3.81. The summed E-state index contributed by atoms with van der Waals surface area (Å²) in [6.45, 7) is -0.512. The number of nitrogens with zero attached hydrogens (tertiary/aromatic N) is 4. The number of nitrogens with one attached hydrogen (secondary N) is 1. The van der Waals surface area contributed by atoms with Crippen LogP contribution in [0, 0.1) is 0 Å². The lowest BCUT2D eigenvalue weighted by Crippen LogP contribution is -2.30. The zero-order valence-corrected chi connectivity index (χ0v) is 11.1. The van der Waals surface area contributed by atoms with Crippen LogP contribution in [0.5, 0.6) is 0 Å². The lowest BCUT2D eigenvalue weighted by Gasteiger charge is -2.14. The van der Waals surface area contributed by atoms with E-state index in [0.29, 0.717) is 0 Å². The first-order chi connectivity index (χ1) is 10.6. The molecule has 3 aromatic rings. The Bertz CT molecular complexity index is 902. The van der Waals surface area contributed by atoms with E-state index in [1.165, 1.54) is 21.5 Å². The Hall–Kier alpha value is -2.30. The Labute approximate surface area is 121 Å². The number of halogens is 1. The smallest absolute Gasteiger partial charge is 0.287 e. The van der Waals surface area contributed by atoms with Crippen LogP contribution in [0.15, 0.2) is 23.5 Å². The van der Waals surface area contributed by atoms with Crippen molar-refractivity contribution in [2.75, 3.05) is 6.61 Å². The van der Waals surface area contributed by atoms with Crippen LogP contribution in [0.1, 0.15) is 6.23 Å². The third-order valence-electron chi connectivity index (χ3n) is 3.81. The van der Waals surface area contributed by atoms with Gasteiger partial charge in [-0.15, -0.1) is 0 Å². The molecule has 1 aliphatic heterocycles. The molecule has 4 rings (SSSR count). The van der Waals surface area contributed by atoms with Gasteiger partial charge in [-0.05, 0) is 0 Å². The molecule has 0 aromatic carbocycles. The van der Waals surface area contributed by atoms with Crippen molar-refractivity contribution in [3.63, 3.8) is 0 Å². The Morgan fingerprint density at radius 3 is 3.05 bits per heavy atom. The molecular weight excluding hydrogens is 297 g/mol. The minimum Gasteiger partial charge on any atom is -0.394 e. The molecule has 4 atom stereocenters. The second-order valence-corrected chi connectivity index (χ2v) is 5.08. The average molecular weight is 309 g/mol. The molecular formula is C12H12FN5O4. The number of aromatic amines is 1. The zero-order valence-electron chi connectivity index (χ0n) is 11.1. The van der Waals surface area contributed by atoms with Crippen molar-refractivity contribution < 1.29 is 19.3 Å². The highest BCUT2D eigenvalue weighted by Crippen LogP contribution is 2.33. The van der Waals surface area contributed by atoms with Crippen molar-refractivity contribution in [3.05, 3.63) is 29.1 Å². The summed E-state index contributed by atoms with van der Waals surface area (Å²) in [5.74, 6) is 0.284. The molecule has 0 aliphatic carbocycles. The second kappa shape index (κ2) is 4.60. The lowest BCUT2D eigenvalue weighted by atomic mass is 10.1. The van der Waals surface area contributed by atoms with E-state index in [2.05, 4.69) is 15.0 Å². The van der Waals surface area contributed by atoms with Crippen molar-refractivity contribution in [3.8, 4) is 0 Å². The molecule has 4 heterocycles. The number of ether oxygens (including phenoxy) is 1. The van der Waals surface area contributed by atoms with E-state index in [1.54, 1.807) is 6.20 Å². The fourth-order valence-corrected chi connectivity index (χ4v) is 2.67. The summed E-state index contributed by atoms with van der Waals surface area (Å²) >= 11 is 0. The normalized spacial score (nSPS) is 28.9. The molecule has 1 fully saturated rings. The van der Waals surface area contributed by atoms with Gasteiger partial charge in [0.2, 0.25) is 5.78 Å². The molecule has 3 N–H and O–H groups in total. The van der Waals surface area contributed by atoms with Crippen molar-refractivity contribution in [1.82, 2.24) is 23.9 Å². The van der Waals surface area contributed by atoms with Crippen molar-refractivity contribution in [2.24, 2.45) is 0 Å². The van der Waals surface area contributed by atoms with Crippen LogP contribution in [0.2, 0.25) is 0 Å². The van der Waals surface area contributed by atoms with E-state index >= 15 is 0 Å². The van der Waals surface area contributed by atoms with Crippen LogP contribution in [0.25, 0.3) is 16.9 Å². The number of hydrogen-bond donors (Lipinski definition) is 3. The van der Waals surface area contributed by atoms with Crippen LogP contribution in [-0.2, 0) is 4.74 Å². The fourth-order valence-electron chi connectivity index (χ4n) is 2.67. The molecule has 0 unspecified atom stereocenters. The molecule has 1 saturated heterocycles. The highest BCUT2D eigenvalue weighted by atomic mass is 19.1. The first kappa shape index (κ1) is 13.4. The van der Waals surface area contributed by atoms with Gasteiger partial charge >= 0.3 is 0 Å². The fraction of sp³-hybridized carbons (Fsp3) is 0.417. The van der Waals surface area contributed by atoms with Crippen LogP contribution >= 0.6 is 0 Å². The standard InChI is InChI=1S/C12H12FN5O4/c13-6-8(20)5(3-19)22-11(6)18-4-15-7-9(18)16-12-14-1-2-17(12)10(7)21/h1-2,4-6,8,11,19-20H,3H2,(H,14,16)/t5-,6+,8-,11-/m1/s1. The highest BCUT2D eigenvalue weighted by molar-refractivity contribution is 5.71. The van der Waals surface area contributed by atoms with Gasteiger partial charge in [0.05, 0.1) is 12.9 Å². The Kier molecular flexibility index (Phi) is 2.79. The Balaban J connectivity index is 1.89. The van der Waals surface area contributed by atoms with Gasteiger partial charge in [0.1, 0.15) is 12.2 Å². The Morgan fingerprint density at radius 1 is 1.50 bits per heavy atom. The molecule has 116 valence electrons. The maximum absolute atomic E-state index is 14.2. The molecule has 0 amide bonds. The molecule has 3 aromatic heterocycles. The third kappa shape index (κ3) is 1.65. The number of H-pyrrole nitrogens is 1. The molecule has 10 heteroatoms. The van der Waals surface area contributed by atoms with Gasteiger partial charge in [-0.1, -0.05) is 0 Å². The van der Waals surface area contributed by atoms with Crippen LogP contribution in [-0.4, -0.2) is 59.1 Å². The van der Waals surface area contributed by atoms with E-state index in [9.17, 15) is 14.3 Å². The maximum Gasteiger partial charge on any atom is 0.287 e. The summed E-state index contributed by atoms with van der Waals surface area (Å²) in [4.78, 5) is 23.2. The summed E-state index contributed by atoms with van der Waals surface area (Å²) in [6, 6.07) is 0. The number of alkyl halides is 1. The summed E-state index contributed by atoms with van der Waals surface area (Å²) in [6.07, 6.45) is -1.17. The zero-order chi connectivity index (χ0) is 15.4. The summed E-state index contributed by atoms with van der Waals surface area (Å²) in [7, 11) is 0. The van der Waals surface area contributed by atoms with Gasteiger partial charge in [0, 0.05) is 12.4 Å². The summed E-state index contributed by atoms with van der Waals surface area (Å²) in [5.41, 5.74) is -0.187. The number of hydrogen-bond acceptors (Lipinski definition) is 6. The van der Waals surface area contributed by atoms with Gasteiger partial charge in [0.15, 0.2) is 23.6 Å². The molecule has 1 aliphatic rings. The monoisotopic (exact) mass is 309 g/mol. The first-order valence-corrected chi connectivity index (χ1v) is 6.62. The van der Waals surface area contributed by atoms with Crippen molar-refractivity contribution in [2.45, 2.75) is 24.6 Å². The predicted octanol–water partition coefficient (Wildman–Crippen LogP) is -1.04. The summed E-state index contributed by atoms with van der Waals surface area (Å²) < 4.78 is 22.1. The molecule has 0 saturated carbocycles.